The maximum atomic E-state index is 11.3. The maximum Gasteiger partial charge on any atom is 0.309 e. The molecule has 2 aromatic heterocycles. The van der Waals surface area contributed by atoms with E-state index in [1.54, 1.807) is 25.2 Å². The monoisotopic (exact) mass is 358 g/mol. The second-order valence-corrected chi connectivity index (χ2v) is 8.24. The van der Waals surface area contributed by atoms with Gasteiger partial charge in [-0.05, 0) is 32.4 Å². The van der Waals surface area contributed by atoms with Gasteiger partial charge in [0.15, 0.2) is 0 Å². The topological polar surface area (TPSA) is 63.1 Å². The van der Waals surface area contributed by atoms with Gasteiger partial charge in [0.25, 0.3) is 0 Å². The van der Waals surface area contributed by atoms with Crippen molar-refractivity contribution in [2.24, 2.45) is 5.41 Å². The third-order valence-corrected chi connectivity index (χ3v) is 6.21. The SMILES string of the molecule is Cc1nc(SCC(C)(C)C(=O)O)c2cc(-c3ccccc3)sc2n1. The Morgan fingerprint density at radius 3 is 2.62 bits per heavy atom. The zero-order chi connectivity index (χ0) is 17.3. The number of thioether (sulfide) groups is 1. The van der Waals surface area contributed by atoms with Crippen LogP contribution in [0.3, 0.4) is 0 Å². The highest BCUT2D eigenvalue weighted by atomic mass is 32.2. The van der Waals surface area contributed by atoms with Gasteiger partial charge in [0.1, 0.15) is 15.7 Å². The minimum Gasteiger partial charge on any atom is -0.481 e. The van der Waals surface area contributed by atoms with Gasteiger partial charge in [-0.3, -0.25) is 4.79 Å². The molecule has 0 amide bonds. The summed E-state index contributed by atoms with van der Waals surface area (Å²) in [6.07, 6.45) is 0. The average molecular weight is 358 g/mol. The Hall–Kier alpha value is -1.92. The molecule has 0 aliphatic heterocycles. The number of carboxylic acid groups (broad SMARTS) is 1. The Morgan fingerprint density at radius 2 is 1.96 bits per heavy atom. The number of benzene rings is 1. The molecule has 0 bridgehead atoms. The molecule has 3 aromatic rings. The molecule has 0 saturated heterocycles. The average Bonchev–Trinajstić information content (AvgIpc) is 2.97. The molecule has 0 atom stereocenters. The van der Waals surface area contributed by atoms with Crippen molar-refractivity contribution in [2.75, 3.05) is 5.75 Å². The number of carbonyl (C=O) groups is 1. The lowest BCUT2D eigenvalue weighted by atomic mass is 9.97. The van der Waals surface area contributed by atoms with Gasteiger partial charge in [-0.2, -0.15) is 0 Å². The van der Waals surface area contributed by atoms with Crippen LogP contribution < -0.4 is 0 Å². The Balaban J connectivity index is 1.99. The van der Waals surface area contributed by atoms with E-state index in [0.717, 1.165) is 25.7 Å². The Morgan fingerprint density at radius 1 is 1.25 bits per heavy atom. The molecule has 0 unspecified atom stereocenters. The second kappa shape index (κ2) is 6.53. The maximum absolute atomic E-state index is 11.3. The van der Waals surface area contributed by atoms with Crippen LogP contribution in [0, 0.1) is 12.3 Å². The van der Waals surface area contributed by atoms with E-state index < -0.39 is 11.4 Å². The summed E-state index contributed by atoms with van der Waals surface area (Å²) in [6.45, 7) is 5.33. The van der Waals surface area contributed by atoms with E-state index in [2.05, 4.69) is 28.2 Å². The molecule has 0 radical (unpaired) electrons. The molecular weight excluding hydrogens is 340 g/mol. The number of hydrogen-bond acceptors (Lipinski definition) is 5. The first-order valence-electron chi connectivity index (χ1n) is 7.56. The number of fused-ring (bicyclic) bond motifs is 1. The first kappa shape index (κ1) is 16.9. The van der Waals surface area contributed by atoms with Gasteiger partial charge in [-0.25, -0.2) is 9.97 Å². The third-order valence-electron chi connectivity index (χ3n) is 3.68. The first-order valence-corrected chi connectivity index (χ1v) is 9.37. The number of nitrogens with zero attached hydrogens (tertiary/aromatic N) is 2. The van der Waals surface area contributed by atoms with Gasteiger partial charge in [0.05, 0.1) is 5.41 Å². The summed E-state index contributed by atoms with van der Waals surface area (Å²) in [5.74, 6) is 0.372. The van der Waals surface area contributed by atoms with Gasteiger partial charge < -0.3 is 5.11 Å². The zero-order valence-electron chi connectivity index (χ0n) is 13.7. The molecule has 3 rings (SSSR count). The summed E-state index contributed by atoms with van der Waals surface area (Å²) in [7, 11) is 0. The van der Waals surface area contributed by atoms with Gasteiger partial charge in [-0.1, -0.05) is 30.3 Å². The molecule has 0 aliphatic rings. The van der Waals surface area contributed by atoms with E-state index in [-0.39, 0.29) is 0 Å². The van der Waals surface area contributed by atoms with Crippen molar-refractivity contribution in [3.05, 3.63) is 42.2 Å². The molecule has 24 heavy (non-hydrogen) atoms. The fourth-order valence-corrected chi connectivity index (χ4v) is 4.44. The van der Waals surface area contributed by atoms with Gasteiger partial charge in [-0.15, -0.1) is 23.1 Å². The van der Waals surface area contributed by atoms with Crippen LogP contribution in [-0.4, -0.2) is 26.8 Å². The fraction of sp³-hybridized carbons (Fsp3) is 0.278. The number of hydrogen-bond donors (Lipinski definition) is 1. The number of thiophene rings is 1. The lowest BCUT2D eigenvalue weighted by Gasteiger charge is -2.18. The predicted octanol–water partition coefficient (Wildman–Crippen LogP) is 4.87. The van der Waals surface area contributed by atoms with Crippen LogP contribution in [0.5, 0.6) is 0 Å². The summed E-state index contributed by atoms with van der Waals surface area (Å²) in [4.78, 5) is 22.5. The number of aliphatic carboxylic acids is 1. The Labute approximate surface area is 149 Å². The van der Waals surface area contributed by atoms with E-state index in [4.69, 9.17) is 0 Å². The molecule has 4 nitrogen and oxygen atoms in total. The van der Waals surface area contributed by atoms with Crippen LogP contribution >= 0.6 is 23.1 Å². The standard InChI is InChI=1S/C18H18N2O2S2/c1-11-19-15(23-10-18(2,3)17(21)22)13-9-14(24-16(13)20-11)12-7-5-4-6-8-12/h4-9H,10H2,1-3H3,(H,21,22). The normalized spacial score (nSPS) is 11.8. The third kappa shape index (κ3) is 3.44. The van der Waals surface area contributed by atoms with E-state index in [9.17, 15) is 9.90 Å². The largest absolute Gasteiger partial charge is 0.481 e. The Bertz CT molecular complexity index is 889. The zero-order valence-corrected chi connectivity index (χ0v) is 15.4. The molecule has 124 valence electrons. The van der Waals surface area contributed by atoms with E-state index >= 15 is 0 Å². The highest BCUT2D eigenvalue weighted by Crippen LogP contribution is 2.38. The minimum absolute atomic E-state index is 0.463. The molecule has 1 N–H and O–H groups in total. The van der Waals surface area contributed by atoms with Crippen molar-refractivity contribution in [3.63, 3.8) is 0 Å². The molecule has 0 spiro atoms. The highest BCUT2D eigenvalue weighted by Gasteiger charge is 2.28. The molecule has 1 aromatic carbocycles. The smallest absolute Gasteiger partial charge is 0.309 e. The molecule has 0 aliphatic carbocycles. The molecule has 0 saturated carbocycles. The van der Waals surface area contributed by atoms with Crippen LogP contribution in [0.25, 0.3) is 20.7 Å². The van der Waals surface area contributed by atoms with Gasteiger partial charge in [0, 0.05) is 16.0 Å². The van der Waals surface area contributed by atoms with Crippen molar-refractivity contribution in [2.45, 2.75) is 25.8 Å². The summed E-state index contributed by atoms with van der Waals surface area (Å²) < 4.78 is 0. The molecular formula is C18H18N2O2S2. The van der Waals surface area contributed by atoms with Crippen LogP contribution in [0.2, 0.25) is 0 Å². The van der Waals surface area contributed by atoms with Crippen LogP contribution in [0.1, 0.15) is 19.7 Å². The van der Waals surface area contributed by atoms with Crippen molar-refractivity contribution < 1.29 is 9.90 Å². The number of rotatable bonds is 5. The van der Waals surface area contributed by atoms with E-state index in [1.165, 1.54) is 11.8 Å². The number of aromatic nitrogens is 2. The second-order valence-electron chi connectivity index (χ2n) is 6.25. The highest BCUT2D eigenvalue weighted by molar-refractivity contribution is 7.99. The lowest BCUT2D eigenvalue weighted by Crippen LogP contribution is -2.26. The van der Waals surface area contributed by atoms with Gasteiger partial charge in [0.2, 0.25) is 0 Å². The quantitative estimate of drug-likeness (QED) is 0.521. The first-order chi connectivity index (χ1) is 11.4. The Kier molecular flexibility index (Phi) is 4.60. The van der Waals surface area contributed by atoms with Crippen LogP contribution in [-0.2, 0) is 4.79 Å². The van der Waals surface area contributed by atoms with E-state index in [0.29, 0.717) is 11.6 Å². The van der Waals surface area contributed by atoms with Crippen molar-refractivity contribution >= 4 is 39.3 Å². The predicted molar refractivity (Wildman–Crippen MR) is 99.7 cm³/mol. The molecule has 2 heterocycles. The number of aryl methyl sites for hydroxylation is 1. The summed E-state index contributed by atoms with van der Waals surface area (Å²) >= 11 is 3.12. The van der Waals surface area contributed by atoms with Crippen molar-refractivity contribution in [1.82, 2.24) is 9.97 Å². The lowest BCUT2D eigenvalue weighted by molar-refractivity contribution is -0.145. The fourth-order valence-electron chi connectivity index (χ4n) is 2.16. The van der Waals surface area contributed by atoms with E-state index in [1.807, 2.05) is 25.1 Å². The van der Waals surface area contributed by atoms with Crippen LogP contribution in [0.4, 0.5) is 0 Å². The van der Waals surface area contributed by atoms with Crippen molar-refractivity contribution in [1.29, 1.82) is 0 Å². The van der Waals surface area contributed by atoms with Gasteiger partial charge >= 0.3 is 5.97 Å². The summed E-state index contributed by atoms with van der Waals surface area (Å²) in [5.41, 5.74) is 0.355. The summed E-state index contributed by atoms with van der Waals surface area (Å²) in [6, 6.07) is 12.3. The van der Waals surface area contributed by atoms with Crippen LogP contribution in [0.15, 0.2) is 41.4 Å². The minimum atomic E-state index is -0.799. The summed E-state index contributed by atoms with van der Waals surface area (Å²) in [5, 5.41) is 11.1. The molecule has 0 fully saturated rings. The van der Waals surface area contributed by atoms with Crippen molar-refractivity contribution in [3.8, 4) is 10.4 Å². The number of carboxylic acids is 1. The molecule has 6 heteroatoms.